The van der Waals surface area contributed by atoms with Crippen LogP contribution in [0.25, 0.3) is 0 Å². The van der Waals surface area contributed by atoms with Crippen LogP contribution in [0.2, 0.25) is 0 Å². The second kappa shape index (κ2) is 3.72. The predicted molar refractivity (Wildman–Crippen MR) is 24.8 cm³/mol. The fraction of sp³-hybridized carbons (Fsp3) is 1.00. The van der Waals surface area contributed by atoms with Gasteiger partial charge in [0.15, 0.2) is 0 Å². The van der Waals surface area contributed by atoms with E-state index in [1.54, 1.807) is 0 Å². The van der Waals surface area contributed by atoms with Gasteiger partial charge in [-0.1, -0.05) is 0 Å². The van der Waals surface area contributed by atoms with Crippen molar-refractivity contribution in [1.29, 1.82) is 0 Å². The highest BCUT2D eigenvalue weighted by molar-refractivity contribution is 4.06. The first-order chi connectivity index (χ1) is 4.13. The molecule has 0 unspecified atom stereocenters. The average Bonchev–Trinajstić information content (AvgIpc) is 1.63. The van der Waals surface area contributed by atoms with Gasteiger partial charge in [-0.05, 0) is 0 Å². The number of ether oxygens (including phenoxy) is 1. The van der Waals surface area contributed by atoms with Gasteiger partial charge in [0, 0.05) is 9.85 Å². The van der Waals surface area contributed by atoms with E-state index in [1.807, 2.05) is 0 Å². The van der Waals surface area contributed by atoms with Crippen LogP contribution in [-0.4, -0.2) is 23.3 Å². The van der Waals surface area contributed by atoms with Gasteiger partial charge in [-0.15, -0.1) is 0 Å². The Bertz CT molecular complexity index is 108. The highest BCUT2D eigenvalue weighted by Crippen LogP contribution is 1.74. The molecule has 0 spiro atoms. The van der Waals surface area contributed by atoms with Gasteiger partial charge in [0.1, 0.15) is 0 Å². The summed E-state index contributed by atoms with van der Waals surface area (Å²) in [6, 6.07) is 0. The van der Waals surface area contributed by atoms with E-state index in [0.717, 1.165) is 0 Å². The maximum Gasteiger partial charge on any atom is 0.310 e. The molecule has 0 saturated carbocycles. The summed E-state index contributed by atoms with van der Waals surface area (Å²) in [5, 5.41) is 18.9. The molecule has 0 aromatic rings. The molecule has 0 rings (SSSR count). The molecule has 0 aliphatic heterocycles. The Kier molecular flexibility index (Phi) is 3.21. The van der Waals surface area contributed by atoms with Gasteiger partial charge < -0.3 is 0 Å². The van der Waals surface area contributed by atoms with Crippen LogP contribution in [0.1, 0.15) is 0 Å². The van der Waals surface area contributed by atoms with Crippen LogP contribution in [0.3, 0.4) is 0 Å². The lowest BCUT2D eigenvalue weighted by Crippen LogP contribution is -2.11. The summed E-state index contributed by atoms with van der Waals surface area (Å²) in [4.78, 5) is 17.3. The van der Waals surface area contributed by atoms with E-state index in [2.05, 4.69) is 4.74 Å². The molecule has 0 aromatic carbocycles. The third kappa shape index (κ3) is 6.76. The van der Waals surface area contributed by atoms with Gasteiger partial charge in [-0.2, -0.15) is 0 Å². The van der Waals surface area contributed by atoms with E-state index in [4.69, 9.17) is 0 Å². The Morgan fingerprint density at radius 1 is 1.11 bits per heavy atom. The number of nitrogens with zero attached hydrogens (tertiary/aromatic N) is 2. The van der Waals surface area contributed by atoms with Crippen LogP contribution in [0.5, 0.6) is 0 Å². The van der Waals surface area contributed by atoms with Gasteiger partial charge in [-0.3, -0.25) is 25.0 Å². The van der Waals surface area contributed by atoms with Crippen molar-refractivity contribution in [2.24, 2.45) is 0 Å². The summed E-state index contributed by atoms with van der Waals surface area (Å²) in [6.07, 6.45) is 0. The topological polar surface area (TPSA) is 95.5 Å². The molecule has 0 aliphatic rings. The van der Waals surface area contributed by atoms with E-state index in [0.29, 0.717) is 0 Å². The molecule has 9 heavy (non-hydrogen) atoms. The van der Waals surface area contributed by atoms with Gasteiger partial charge in [0.05, 0.1) is 0 Å². The van der Waals surface area contributed by atoms with Crippen LogP contribution in [0.15, 0.2) is 0 Å². The smallest absolute Gasteiger partial charge is 0.262 e. The molecule has 7 heteroatoms. The highest BCUT2D eigenvalue weighted by Gasteiger charge is 1.99. The van der Waals surface area contributed by atoms with E-state index in [1.165, 1.54) is 0 Å². The largest absolute Gasteiger partial charge is 0.310 e. The van der Waals surface area contributed by atoms with Crippen molar-refractivity contribution in [3.8, 4) is 0 Å². The standard InChI is InChI=1S/C2H4N2O5/c5-3(6)1-9-2-4(7)8/h1-2H2. The molecular formula is C2H4N2O5. The zero-order valence-electron chi connectivity index (χ0n) is 4.35. The zero-order chi connectivity index (χ0) is 7.28. The summed E-state index contributed by atoms with van der Waals surface area (Å²) in [5.41, 5.74) is 0. The molecule has 0 atom stereocenters. The minimum atomic E-state index is -0.818. The van der Waals surface area contributed by atoms with E-state index in [-0.39, 0.29) is 0 Å². The minimum Gasteiger partial charge on any atom is -0.262 e. The van der Waals surface area contributed by atoms with Crippen LogP contribution in [0.4, 0.5) is 0 Å². The van der Waals surface area contributed by atoms with Gasteiger partial charge in [0.2, 0.25) is 0 Å². The van der Waals surface area contributed by atoms with Gasteiger partial charge in [-0.25, -0.2) is 0 Å². The number of hydrogen-bond donors (Lipinski definition) is 0. The van der Waals surface area contributed by atoms with Crippen molar-refractivity contribution in [1.82, 2.24) is 0 Å². The molecule has 0 amide bonds. The van der Waals surface area contributed by atoms with Gasteiger partial charge >= 0.3 is 13.5 Å². The van der Waals surface area contributed by atoms with Crippen LogP contribution < -0.4 is 0 Å². The summed E-state index contributed by atoms with van der Waals surface area (Å²) in [5.74, 6) is 0. The molecular weight excluding hydrogens is 132 g/mol. The van der Waals surface area contributed by atoms with Crippen LogP contribution >= 0.6 is 0 Å². The summed E-state index contributed by atoms with van der Waals surface area (Å²) in [6.45, 7) is -1.64. The lowest BCUT2D eigenvalue weighted by molar-refractivity contribution is -0.585. The summed E-state index contributed by atoms with van der Waals surface area (Å²) < 4.78 is 3.96. The molecule has 0 fully saturated rings. The summed E-state index contributed by atoms with van der Waals surface area (Å²) in [7, 11) is 0. The molecule has 0 aliphatic carbocycles. The molecule has 7 nitrogen and oxygen atoms in total. The molecule has 52 valence electrons. The highest BCUT2D eigenvalue weighted by atomic mass is 16.7. The first-order valence-corrected chi connectivity index (χ1v) is 1.94. The zero-order valence-corrected chi connectivity index (χ0v) is 4.35. The fourth-order valence-corrected chi connectivity index (χ4v) is 0.190. The maximum absolute atomic E-state index is 9.44. The third-order valence-electron chi connectivity index (χ3n) is 0.393. The molecule has 0 N–H and O–H groups in total. The van der Waals surface area contributed by atoms with Crippen molar-refractivity contribution in [2.75, 3.05) is 13.5 Å². The number of hydrogen-bond acceptors (Lipinski definition) is 5. The molecule has 0 bridgehead atoms. The van der Waals surface area contributed by atoms with Crippen molar-refractivity contribution in [2.45, 2.75) is 0 Å². The van der Waals surface area contributed by atoms with E-state index < -0.39 is 23.3 Å². The van der Waals surface area contributed by atoms with Crippen molar-refractivity contribution < 1.29 is 14.6 Å². The van der Waals surface area contributed by atoms with Crippen molar-refractivity contribution >= 4 is 0 Å². The number of rotatable bonds is 4. The van der Waals surface area contributed by atoms with Crippen LogP contribution in [-0.2, 0) is 4.74 Å². The van der Waals surface area contributed by atoms with E-state index >= 15 is 0 Å². The summed E-state index contributed by atoms with van der Waals surface area (Å²) >= 11 is 0. The predicted octanol–water partition coefficient (Wildman–Crippen LogP) is -0.529. The molecule has 0 saturated heterocycles. The fourth-order valence-electron chi connectivity index (χ4n) is 0.190. The third-order valence-corrected chi connectivity index (χ3v) is 0.393. The Labute approximate surface area is 49.5 Å². The Morgan fingerprint density at radius 2 is 1.44 bits per heavy atom. The SMILES string of the molecule is O=[N+]([O-])COC[N+](=O)[O-]. The second-order valence-electron chi connectivity index (χ2n) is 1.13. The van der Waals surface area contributed by atoms with Gasteiger partial charge in [0.25, 0.3) is 0 Å². The monoisotopic (exact) mass is 136 g/mol. The molecule has 0 aromatic heterocycles. The maximum atomic E-state index is 9.44. The second-order valence-corrected chi connectivity index (χ2v) is 1.13. The molecule has 0 radical (unpaired) electrons. The minimum absolute atomic E-state index is 0.788. The first-order valence-electron chi connectivity index (χ1n) is 1.94. The average molecular weight is 136 g/mol. The quantitative estimate of drug-likeness (QED) is 0.294. The lowest BCUT2D eigenvalue weighted by Gasteiger charge is -1.89. The Balaban J connectivity index is 3.10. The number of nitro groups is 2. The van der Waals surface area contributed by atoms with Crippen molar-refractivity contribution in [3.63, 3.8) is 0 Å². The first kappa shape index (κ1) is 7.76. The Morgan fingerprint density at radius 3 is 1.67 bits per heavy atom. The Hall–Kier alpha value is -1.24. The lowest BCUT2D eigenvalue weighted by atomic mass is 11.2. The van der Waals surface area contributed by atoms with Crippen LogP contribution in [0, 0.1) is 20.2 Å². The van der Waals surface area contributed by atoms with Crippen molar-refractivity contribution in [3.05, 3.63) is 20.2 Å². The normalized spacial score (nSPS) is 8.89. The molecule has 0 heterocycles. The van der Waals surface area contributed by atoms with E-state index in [9.17, 15) is 20.2 Å².